The Morgan fingerprint density at radius 2 is 1.58 bits per heavy atom. The quantitative estimate of drug-likeness (QED) is 0.419. The van der Waals surface area contributed by atoms with E-state index >= 15 is 0 Å². The number of benzene rings is 3. The van der Waals surface area contributed by atoms with Gasteiger partial charge < -0.3 is 0 Å². The Labute approximate surface area is 171 Å². The minimum atomic E-state index is 0.0353. The minimum Gasteiger partial charge on any atom is -0.256 e. The van der Waals surface area contributed by atoms with Gasteiger partial charge in [0.05, 0.1) is 17.4 Å². The molecule has 26 heavy (non-hydrogen) atoms. The molecule has 2 nitrogen and oxygen atoms in total. The summed E-state index contributed by atoms with van der Waals surface area (Å²) in [5, 5.41) is 8.46. The lowest BCUT2D eigenvalue weighted by molar-refractivity contribution is 0.708. The molecule has 0 aromatic heterocycles. The largest absolute Gasteiger partial charge is 0.256 e. The lowest BCUT2D eigenvalue weighted by atomic mass is 9.98. The molecule has 0 amide bonds. The van der Waals surface area contributed by atoms with E-state index in [-0.39, 0.29) is 6.04 Å². The number of halogens is 3. The number of nitrogens with zero attached hydrogens (tertiary/aromatic N) is 2. The molecular formula is C21H15BrCl2N2. The molecule has 0 fully saturated rings. The molecule has 0 saturated heterocycles. The Balaban J connectivity index is 1.80. The topological polar surface area (TPSA) is 15.6 Å². The lowest BCUT2D eigenvalue weighted by Crippen LogP contribution is -2.19. The molecule has 1 heterocycles. The highest BCUT2D eigenvalue weighted by Crippen LogP contribution is 2.41. The van der Waals surface area contributed by atoms with Crippen molar-refractivity contribution in [3.63, 3.8) is 0 Å². The number of hydrogen-bond acceptors (Lipinski definition) is 2. The molecule has 0 N–H and O–H groups in total. The first-order valence-electron chi connectivity index (χ1n) is 8.25. The maximum atomic E-state index is 6.50. The van der Waals surface area contributed by atoms with Crippen LogP contribution in [0.5, 0.6) is 0 Å². The highest BCUT2D eigenvalue weighted by molar-refractivity contribution is 9.10. The normalized spacial score (nSPS) is 16.7. The predicted octanol–water partition coefficient (Wildman–Crippen LogP) is 7.11. The SMILES string of the molecule is Clc1ccc(C2=NN(c3ccccc3Br)[C@H](c3ccccc3Cl)C2)cc1. The average Bonchev–Trinajstić information content (AvgIpc) is 3.08. The summed E-state index contributed by atoms with van der Waals surface area (Å²) in [5.74, 6) is 0. The summed E-state index contributed by atoms with van der Waals surface area (Å²) in [6.07, 6.45) is 0.771. The number of hydrogen-bond donors (Lipinski definition) is 0. The molecule has 0 aliphatic carbocycles. The molecular weight excluding hydrogens is 431 g/mol. The van der Waals surface area contributed by atoms with E-state index in [0.29, 0.717) is 0 Å². The van der Waals surface area contributed by atoms with Crippen LogP contribution in [-0.4, -0.2) is 5.71 Å². The lowest BCUT2D eigenvalue weighted by Gasteiger charge is -2.25. The number of hydrazone groups is 1. The third-order valence-corrected chi connectivity index (χ3v) is 5.72. The van der Waals surface area contributed by atoms with Crippen LogP contribution in [0.15, 0.2) is 82.4 Å². The maximum absolute atomic E-state index is 6.50. The molecule has 3 aromatic carbocycles. The summed E-state index contributed by atoms with van der Waals surface area (Å²) in [6.45, 7) is 0. The molecule has 0 radical (unpaired) electrons. The fourth-order valence-corrected chi connectivity index (χ4v) is 4.03. The van der Waals surface area contributed by atoms with E-state index in [0.717, 1.165) is 43.5 Å². The third-order valence-electron chi connectivity index (χ3n) is 4.45. The van der Waals surface area contributed by atoms with E-state index in [4.69, 9.17) is 28.3 Å². The fraction of sp³-hybridized carbons (Fsp3) is 0.0952. The zero-order valence-electron chi connectivity index (χ0n) is 13.7. The van der Waals surface area contributed by atoms with E-state index < -0.39 is 0 Å². The molecule has 0 spiro atoms. The molecule has 1 atom stereocenters. The average molecular weight is 446 g/mol. The van der Waals surface area contributed by atoms with E-state index in [1.165, 1.54) is 0 Å². The molecule has 1 aliphatic heterocycles. The number of para-hydroxylation sites is 1. The second-order valence-corrected chi connectivity index (χ2v) is 7.79. The summed E-state index contributed by atoms with van der Waals surface area (Å²) in [7, 11) is 0. The van der Waals surface area contributed by atoms with Crippen molar-refractivity contribution in [3.05, 3.63) is 98.4 Å². The van der Waals surface area contributed by atoms with Crippen LogP contribution in [0.1, 0.15) is 23.6 Å². The van der Waals surface area contributed by atoms with Gasteiger partial charge in [-0.1, -0.05) is 65.7 Å². The molecule has 1 aliphatic rings. The first kappa shape index (κ1) is 17.6. The number of anilines is 1. The Morgan fingerprint density at radius 3 is 2.31 bits per heavy atom. The summed E-state index contributed by atoms with van der Waals surface area (Å²) < 4.78 is 0.998. The van der Waals surface area contributed by atoms with Gasteiger partial charge in [0.25, 0.3) is 0 Å². The van der Waals surface area contributed by atoms with Crippen molar-refractivity contribution in [2.75, 3.05) is 5.01 Å². The van der Waals surface area contributed by atoms with Crippen LogP contribution in [0.2, 0.25) is 10.0 Å². The highest BCUT2D eigenvalue weighted by Gasteiger charge is 2.32. The van der Waals surface area contributed by atoms with Crippen LogP contribution in [0.3, 0.4) is 0 Å². The second-order valence-electron chi connectivity index (χ2n) is 6.09. The van der Waals surface area contributed by atoms with Gasteiger partial charge in [-0.3, -0.25) is 5.01 Å². The van der Waals surface area contributed by atoms with Crippen molar-refractivity contribution in [3.8, 4) is 0 Å². The molecule has 0 saturated carbocycles. The first-order valence-corrected chi connectivity index (χ1v) is 9.80. The standard InChI is InChI=1S/C21H15BrCl2N2/c22-17-6-2-4-8-20(17)26-21(16-5-1-3-7-18(16)24)13-19(25-26)14-9-11-15(23)12-10-14/h1-12,21H,13H2/t21-/m0/s1. The minimum absolute atomic E-state index is 0.0353. The van der Waals surface area contributed by atoms with E-state index in [1.807, 2.05) is 60.7 Å². The number of rotatable bonds is 3. The van der Waals surface area contributed by atoms with Crippen molar-refractivity contribution >= 4 is 50.5 Å². The van der Waals surface area contributed by atoms with E-state index in [1.54, 1.807) is 0 Å². The second kappa shape index (κ2) is 7.43. The van der Waals surface area contributed by atoms with Crippen molar-refractivity contribution in [2.45, 2.75) is 12.5 Å². The van der Waals surface area contributed by atoms with Crippen LogP contribution in [-0.2, 0) is 0 Å². The van der Waals surface area contributed by atoms with Crippen LogP contribution < -0.4 is 5.01 Å². The molecule has 3 aromatic rings. The first-order chi connectivity index (χ1) is 12.6. The van der Waals surface area contributed by atoms with Crippen LogP contribution in [0, 0.1) is 0 Å². The predicted molar refractivity (Wildman–Crippen MR) is 113 cm³/mol. The van der Waals surface area contributed by atoms with Gasteiger partial charge in [-0.2, -0.15) is 5.10 Å². The van der Waals surface area contributed by atoms with Crippen molar-refractivity contribution in [1.29, 1.82) is 0 Å². The Morgan fingerprint density at radius 1 is 0.885 bits per heavy atom. The Hall–Kier alpha value is -1.81. The van der Waals surface area contributed by atoms with E-state index in [9.17, 15) is 0 Å². The molecule has 0 bridgehead atoms. The van der Waals surface area contributed by atoms with Crippen LogP contribution in [0.25, 0.3) is 0 Å². The zero-order chi connectivity index (χ0) is 18.1. The van der Waals surface area contributed by atoms with Gasteiger partial charge in [-0.15, -0.1) is 0 Å². The highest BCUT2D eigenvalue weighted by atomic mass is 79.9. The van der Waals surface area contributed by atoms with Gasteiger partial charge in [0, 0.05) is 20.9 Å². The maximum Gasteiger partial charge on any atom is 0.0846 e. The zero-order valence-corrected chi connectivity index (χ0v) is 16.8. The Kier molecular flexibility index (Phi) is 5.03. The van der Waals surface area contributed by atoms with Crippen molar-refractivity contribution in [1.82, 2.24) is 0 Å². The van der Waals surface area contributed by atoms with Gasteiger partial charge in [0.15, 0.2) is 0 Å². The summed E-state index contributed by atoms with van der Waals surface area (Å²) in [5.41, 5.74) is 4.17. The monoisotopic (exact) mass is 444 g/mol. The van der Waals surface area contributed by atoms with Gasteiger partial charge in [-0.05, 0) is 57.4 Å². The molecule has 130 valence electrons. The van der Waals surface area contributed by atoms with Gasteiger partial charge in [0.2, 0.25) is 0 Å². The van der Waals surface area contributed by atoms with Crippen molar-refractivity contribution < 1.29 is 0 Å². The van der Waals surface area contributed by atoms with Crippen LogP contribution in [0.4, 0.5) is 5.69 Å². The molecule has 4 rings (SSSR count). The molecule has 0 unspecified atom stereocenters. The van der Waals surface area contributed by atoms with Crippen molar-refractivity contribution in [2.24, 2.45) is 5.10 Å². The Bertz CT molecular complexity index is 970. The molecule has 5 heteroatoms. The van der Waals surface area contributed by atoms with Crippen LogP contribution >= 0.6 is 39.1 Å². The van der Waals surface area contributed by atoms with Gasteiger partial charge in [0.1, 0.15) is 0 Å². The summed E-state index contributed by atoms with van der Waals surface area (Å²) in [6, 6.07) is 23.9. The van der Waals surface area contributed by atoms with Gasteiger partial charge >= 0.3 is 0 Å². The summed E-state index contributed by atoms with van der Waals surface area (Å²) in [4.78, 5) is 0. The van der Waals surface area contributed by atoms with Gasteiger partial charge in [-0.25, -0.2) is 0 Å². The van der Waals surface area contributed by atoms with E-state index in [2.05, 4.69) is 33.1 Å². The third kappa shape index (κ3) is 3.39. The smallest absolute Gasteiger partial charge is 0.0846 e. The fourth-order valence-electron chi connectivity index (χ4n) is 3.17. The summed E-state index contributed by atoms with van der Waals surface area (Å²) >= 11 is 16.2.